The van der Waals surface area contributed by atoms with Crippen molar-refractivity contribution in [1.82, 2.24) is 5.48 Å². The molecule has 4 heteroatoms. The summed E-state index contributed by atoms with van der Waals surface area (Å²) in [6.45, 7) is 0. The Kier molecular flexibility index (Phi) is 32.6. The maximum absolute atomic E-state index is 10.9. The van der Waals surface area contributed by atoms with Gasteiger partial charge in [-0.15, -0.1) is 0 Å². The predicted octanol–water partition coefficient (Wildman–Crippen LogP) is 11.1. The zero-order valence-electron chi connectivity index (χ0n) is 24.2. The van der Waals surface area contributed by atoms with E-state index in [1.165, 1.54) is 173 Å². The molecule has 0 aliphatic rings. The third-order valence-corrected chi connectivity index (χ3v) is 8.00. The van der Waals surface area contributed by atoms with Gasteiger partial charge in [0.2, 0.25) is 5.91 Å². The summed E-state index contributed by atoms with van der Waals surface area (Å²) in [7, 11) is 0. The van der Waals surface area contributed by atoms with Crippen molar-refractivity contribution in [3.05, 3.63) is 0 Å². The average molecular weight is 528 g/mol. The molecule has 0 heterocycles. The molecule has 36 heavy (non-hydrogen) atoms. The Balaban J connectivity index is 3.03. The monoisotopic (exact) mass is 527 g/mol. The van der Waals surface area contributed by atoms with E-state index in [0.29, 0.717) is 6.42 Å². The Morgan fingerprint density at radius 1 is 0.389 bits per heavy atom. The first-order chi connectivity index (χ1) is 17.8. The van der Waals surface area contributed by atoms with E-state index in [-0.39, 0.29) is 5.91 Å². The zero-order chi connectivity index (χ0) is 26.2. The van der Waals surface area contributed by atoms with Crippen LogP contribution in [0.2, 0.25) is 0 Å². The average Bonchev–Trinajstić information content (AvgIpc) is 2.89. The third kappa shape index (κ3) is 31.8. The minimum atomic E-state index is -0.256. The molecule has 0 aliphatic heterocycles. The highest BCUT2D eigenvalue weighted by Gasteiger charge is 1.99. The molecule has 0 rings (SSSR count). The first kappa shape index (κ1) is 35.8. The lowest BCUT2D eigenvalue weighted by atomic mass is 10.0. The SMILES string of the molecule is O=C(CCCCCCCCCCCCCCCCCCCCCCCCCCCCCCCS)NO. The number of carbonyl (C=O) groups is 1. The number of thiol groups is 1. The van der Waals surface area contributed by atoms with Crippen LogP contribution in [0.25, 0.3) is 0 Å². The van der Waals surface area contributed by atoms with Crippen LogP contribution < -0.4 is 5.48 Å². The van der Waals surface area contributed by atoms with E-state index in [1.54, 1.807) is 5.48 Å². The number of rotatable bonds is 31. The fourth-order valence-electron chi connectivity index (χ4n) is 5.23. The van der Waals surface area contributed by atoms with Crippen LogP contribution in [-0.4, -0.2) is 16.9 Å². The summed E-state index contributed by atoms with van der Waals surface area (Å²) in [6, 6.07) is 0. The second-order valence-corrected chi connectivity index (χ2v) is 11.7. The fourth-order valence-corrected chi connectivity index (χ4v) is 5.45. The van der Waals surface area contributed by atoms with Gasteiger partial charge in [-0.3, -0.25) is 10.0 Å². The first-order valence-corrected chi connectivity index (χ1v) is 17.0. The Morgan fingerprint density at radius 3 is 0.778 bits per heavy atom. The van der Waals surface area contributed by atoms with E-state index in [4.69, 9.17) is 5.21 Å². The molecule has 0 unspecified atom stereocenters. The van der Waals surface area contributed by atoms with Crippen LogP contribution in [0.1, 0.15) is 193 Å². The maximum atomic E-state index is 10.9. The molecule has 216 valence electrons. The smallest absolute Gasteiger partial charge is 0.243 e. The van der Waals surface area contributed by atoms with Crippen molar-refractivity contribution < 1.29 is 10.0 Å². The van der Waals surface area contributed by atoms with E-state index in [2.05, 4.69) is 12.6 Å². The van der Waals surface area contributed by atoms with Crippen molar-refractivity contribution in [2.24, 2.45) is 0 Å². The Morgan fingerprint density at radius 2 is 0.583 bits per heavy atom. The van der Waals surface area contributed by atoms with Crippen LogP contribution in [0.5, 0.6) is 0 Å². The number of unbranched alkanes of at least 4 members (excludes halogenated alkanes) is 28. The molecule has 0 fully saturated rings. The molecule has 0 atom stereocenters. The van der Waals surface area contributed by atoms with Crippen LogP contribution in [0.4, 0.5) is 0 Å². The van der Waals surface area contributed by atoms with Gasteiger partial charge in [-0.05, 0) is 18.6 Å². The standard InChI is InChI=1S/C32H65NO2S/c34-32(33-35)30-28-26-24-22-20-18-16-14-12-10-8-6-4-2-1-3-5-7-9-11-13-15-17-19-21-23-25-27-29-31-36/h35-36H,1-31H2,(H,33,34). The van der Waals surface area contributed by atoms with Crippen LogP contribution in [0, 0.1) is 0 Å². The van der Waals surface area contributed by atoms with E-state index >= 15 is 0 Å². The Bertz CT molecular complexity index is 419. The van der Waals surface area contributed by atoms with Crippen molar-refractivity contribution in [2.45, 2.75) is 193 Å². The number of carbonyl (C=O) groups excluding carboxylic acids is 1. The van der Waals surface area contributed by atoms with Crippen LogP contribution in [-0.2, 0) is 4.79 Å². The predicted molar refractivity (Wildman–Crippen MR) is 162 cm³/mol. The van der Waals surface area contributed by atoms with Gasteiger partial charge in [0.1, 0.15) is 0 Å². The third-order valence-electron chi connectivity index (χ3n) is 7.69. The zero-order valence-corrected chi connectivity index (χ0v) is 25.1. The molecule has 3 nitrogen and oxygen atoms in total. The van der Waals surface area contributed by atoms with Crippen LogP contribution in [0.3, 0.4) is 0 Å². The topological polar surface area (TPSA) is 49.3 Å². The summed E-state index contributed by atoms with van der Waals surface area (Å²) >= 11 is 4.28. The number of amides is 1. The summed E-state index contributed by atoms with van der Waals surface area (Å²) in [4.78, 5) is 10.9. The highest BCUT2D eigenvalue weighted by molar-refractivity contribution is 7.80. The summed E-state index contributed by atoms with van der Waals surface area (Å²) in [6.07, 6.45) is 40.8. The van der Waals surface area contributed by atoms with Crippen molar-refractivity contribution >= 4 is 18.5 Å². The molecule has 0 spiro atoms. The fraction of sp³-hybridized carbons (Fsp3) is 0.969. The number of hydrogen-bond donors (Lipinski definition) is 3. The Hall–Kier alpha value is -0.220. The van der Waals surface area contributed by atoms with Gasteiger partial charge < -0.3 is 0 Å². The lowest BCUT2D eigenvalue weighted by Gasteiger charge is -2.04. The lowest BCUT2D eigenvalue weighted by molar-refractivity contribution is -0.129. The van der Waals surface area contributed by atoms with Crippen molar-refractivity contribution in [3.63, 3.8) is 0 Å². The van der Waals surface area contributed by atoms with E-state index in [9.17, 15) is 4.79 Å². The molecule has 0 saturated heterocycles. The second kappa shape index (κ2) is 32.8. The molecular weight excluding hydrogens is 462 g/mol. The van der Waals surface area contributed by atoms with Crippen molar-refractivity contribution in [3.8, 4) is 0 Å². The van der Waals surface area contributed by atoms with Gasteiger partial charge >= 0.3 is 0 Å². The van der Waals surface area contributed by atoms with Crippen LogP contribution in [0.15, 0.2) is 0 Å². The molecule has 2 N–H and O–H groups in total. The number of hydrogen-bond acceptors (Lipinski definition) is 3. The van der Waals surface area contributed by atoms with Gasteiger partial charge in [0, 0.05) is 6.42 Å². The van der Waals surface area contributed by atoms with Crippen molar-refractivity contribution in [1.29, 1.82) is 0 Å². The molecule has 0 aromatic rings. The van der Waals surface area contributed by atoms with Crippen molar-refractivity contribution in [2.75, 3.05) is 5.75 Å². The van der Waals surface area contributed by atoms with E-state index in [1.807, 2.05) is 0 Å². The summed E-state index contributed by atoms with van der Waals surface area (Å²) in [5.41, 5.74) is 1.70. The molecule has 0 aromatic carbocycles. The van der Waals surface area contributed by atoms with Gasteiger partial charge in [0.05, 0.1) is 0 Å². The summed E-state index contributed by atoms with van der Waals surface area (Å²) in [5.74, 6) is 0.804. The van der Waals surface area contributed by atoms with E-state index < -0.39 is 0 Å². The highest BCUT2D eigenvalue weighted by atomic mass is 32.1. The molecule has 0 aliphatic carbocycles. The minimum absolute atomic E-state index is 0.256. The van der Waals surface area contributed by atoms with Gasteiger partial charge in [0.15, 0.2) is 0 Å². The number of nitrogens with one attached hydrogen (secondary N) is 1. The van der Waals surface area contributed by atoms with Gasteiger partial charge in [-0.2, -0.15) is 12.6 Å². The largest absolute Gasteiger partial charge is 0.289 e. The molecule has 0 bridgehead atoms. The second-order valence-electron chi connectivity index (χ2n) is 11.3. The minimum Gasteiger partial charge on any atom is -0.289 e. The van der Waals surface area contributed by atoms with Gasteiger partial charge in [0.25, 0.3) is 0 Å². The lowest BCUT2D eigenvalue weighted by Crippen LogP contribution is -2.17. The molecule has 0 saturated carbocycles. The normalized spacial score (nSPS) is 11.3. The Labute approximate surface area is 232 Å². The summed E-state index contributed by atoms with van der Waals surface area (Å²) < 4.78 is 0. The van der Waals surface area contributed by atoms with Crippen LogP contribution >= 0.6 is 12.6 Å². The number of hydroxylamine groups is 1. The summed E-state index contributed by atoms with van der Waals surface area (Å²) in [5, 5.41) is 8.44. The quantitative estimate of drug-likeness (QED) is 0.0363. The molecule has 0 aromatic heterocycles. The maximum Gasteiger partial charge on any atom is 0.243 e. The van der Waals surface area contributed by atoms with Gasteiger partial charge in [-0.25, -0.2) is 5.48 Å². The molecule has 1 amide bonds. The molecular formula is C32H65NO2S. The first-order valence-electron chi connectivity index (χ1n) is 16.3. The van der Waals surface area contributed by atoms with Gasteiger partial charge in [-0.1, -0.05) is 173 Å². The van der Waals surface area contributed by atoms with E-state index in [0.717, 1.165) is 18.6 Å². The molecule has 0 radical (unpaired) electrons. The highest BCUT2D eigenvalue weighted by Crippen LogP contribution is 2.16.